The Kier molecular flexibility index (Phi) is 2.79. The average molecular weight is 289 g/mol. The first-order chi connectivity index (χ1) is 10.0. The van der Waals surface area contributed by atoms with E-state index in [1.165, 1.54) is 26.4 Å². The molecule has 2 heterocycles. The molecule has 0 saturated heterocycles. The zero-order valence-corrected chi connectivity index (χ0v) is 11.2. The van der Waals surface area contributed by atoms with Gasteiger partial charge in [-0.3, -0.25) is 9.89 Å². The number of hydrogen-bond acceptors (Lipinski definition) is 5. The van der Waals surface area contributed by atoms with Crippen LogP contribution < -0.4 is 15.0 Å². The molecule has 2 aromatic heterocycles. The first-order valence-electron chi connectivity index (χ1n) is 5.96. The van der Waals surface area contributed by atoms with E-state index in [9.17, 15) is 9.59 Å². The molecule has 3 rings (SSSR count). The van der Waals surface area contributed by atoms with Crippen LogP contribution in [0.2, 0.25) is 0 Å². The highest BCUT2D eigenvalue weighted by Gasteiger charge is 2.15. The van der Waals surface area contributed by atoms with Crippen LogP contribution in [0.1, 0.15) is 10.5 Å². The number of aromatic carboxylic acids is 1. The molecule has 0 aliphatic carbocycles. The number of aromatic nitrogens is 3. The Morgan fingerprint density at radius 3 is 2.67 bits per heavy atom. The summed E-state index contributed by atoms with van der Waals surface area (Å²) in [6, 6.07) is 4.42. The monoisotopic (exact) mass is 289 g/mol. The van der Waals surface area contributed by atoms with E-state index in [0.717, 1.165) is 4.52 Å². The van der Waals surface area contributed by atoms with Crippen molar-refractivity contribution in [3.8, 4) is 11.5 Å². The highest BCUT2D eigenvalue weighted by atomic mass is 16.5. The summed E-state index contributed by atoms with van der Waals surface area (Å²) in [5.41, 5.74) is -0.00635. The van der Waals surface area contributed by atoms with E-state index >= 15 is 0 Å². The molecule has 0 unspecified atom stereocenters. The molecule has 0 atom stereocenters. The Hall–Kier alpha value is -3.03. The molecule has 3 aromatic rings. The minimum atomic E-state index is -1.17. The van der Waals surface area contributed by atoms with E-state index < -0.39 is 11.5 Å². The predicted molar refractivity (Wildman–Crippen MR) is 73.4 cm³/mol. The van der Waals surface area contributed by atoms with Gasteiger partial charge in [-0.25, -0.2) is 14.3 Å². The lowest BCUT2D eigenvalue weighted by Crippen LogP contribution is -2.16. The summed E-state index contributed by atoms with van der Waals surface area (Å²) in [6.45, 7) is 0. The summed E-state index contributed by atoms with van der Waals surface area (Å²) in [5, 5.41) is 11.7. The van der Waals surface area contributed by atoms with Crippen molar-refractivity contribution in [3.05, 3.63) is 34.2 Å². The Bertz CT molecular complexity index is 925. The minimum Gasteiger partial charge on any atom is -0.497 e. The fourth-order valence-electron chi connectivity index (χ4n) is 2.12. The van der Waals surface area contributed by atoms with Crippen LogP contribution in [0.3, 0.4) is 0 Å². The van der Waals surface area contributed by atoms with Gasteiger partial charge >= 0.3 is 5.97 Å². The van der Waals surface area contributed by atoms with Gasteiger partial charge in [0.05, 0.1) is 19.6 Å². The van der Waals surface area contributed by atoms with E-state index in [1.54, 1.807) is 6.07 Å². The van der Waals surface area contributed by atoms with E-state index in [4.69, 9.17) is 14.6 Å². The summed E-state index contributed by atoms with van der Waals surface area (Å²) in [5.74, 6) is -0.348. The predicted octanol–water partition coefficient (Wildman–Crippen LogP) is 0.891. The average Bonchev–Trinajstić information content (AvgIpc) is 2.91. The maximum Gasteiger partial charge on any atom is 0.353 e. The van der Waals surface area contributed by atoms with Crippen LogP contribution in [0.15, 0.2) is 23.0 Å². The number of aromatic amines is 1. The number of carboxylic acids is 1. The Labute approximate surface area is 117 Å². The second kappa shape index (κ2) is 4.51. The number of benzene rings is 1. The van der Waals surface area contributed by atoms with Gasteiger partial charge in [0.2, 0.25) is 0 Å². The molecule has 0 fully saturated rings. The number of ether oxygens (including phenoxy) is 2. The van der Waals surface area contributed by atoms with Crippen LogP contribution in [0.4, 0.5) is 0 Å². The van der Waals surface area contributed by atoms with Crippen molar-refractivity contribution in [2.75, 3.05) is 14.2 Å². The third kappa shape index (κ3) is 1.88. The Balaban J connectivity index is 2.47. The van der Waals surface area contributed by atoms with Crippen molar-refractivity contribution in [3.63, 3.8) is 0 Å². The number of carboxylic acid groups (broad SMARTS) is 1. The molecule has 0 radical (unpaired) electrons. The number of rotatable bonds is 3. The molecule has 0 spiro atoms. The Morgan fingerprint density at radius 2 is 2.05 bits per heavy atom. The van der Waals surface area contributed by atoms with Gasteiger partial charge in [-0.15, -0.1) is 0 Å². The van der Waals surface area contributed by atoms with Crippen LogP contribution in [-0.2, 0) is 0 Å². The molecular weight excluding hydrogens is 278 g/mol. The maximum absolute atomic E-state index is 12.4. The molecule has 0 saturated carbocycles. The van der Waals surface area contributed by atoms with Crippen molar-refractivity contribution >= 4 is 22.5 Å². The molecule has 0 amide bonds. The molecule has 8 nitrogen and oxygen atoms in total. The summed E-state index contributed by atoms with van der Waals surface area (Å²) in [4.78, 5) is 27.7. The highest BCUT2D eigenvalue weighted by Crippen LogP contribution is 2.28. The largest absolute Gasteiger partial charge is 0.497 e. The molecular formula is C13H11N3O5. The lowest BCUT2D eigenvalue weighted by molar-refractivity contribution is 0.0690. The molecule has 8 heteroatoms. The van der Waals surface area contributed by atoms with Gasteiger partial charge in [0, 0.05) is 12.1 Å². The van der Waals surface area contributed by atoms with Crippen molar-refractivity contribution in [1.29, 1.82) is 0 Å². The van der Waals surface area contributed by atoms with E-state index in [-0.39, 0.29) is 16.7 Å². The maximum atomic E-state index is 12.4. The second-order valence-corrected chi connectivity index (χ2v) is 4.31. The number of carbonyl (C=O) groups is 1. The summed E-state index contributed by atoms with van der Waals surface area (Å²) >= 11 is 0. The standard InChI is InChI=1S/C13H11N3O5/c1-20-6-3-7-11(9(4-6)21-2)14-10-5-8(13(18)19)15-16(10)12(7)17/h3-5,15H,1-2H3,(H,18,19). The van der Waals surface area contributed by atoms with Crippen LogP contribution in [0.5, 0.6) is 11.5 Å². The molecule has 21 heavy (non-hydrogen) atoms. The number of methoxy groups -OCH3 is 2. The molecule has 2 N–H and O–H groups in total. The second-order valence-electron chi connectivity index (χ2n) is 4.31. The van der Waals surface area contributed by atoms with Gasteiger partial charge in [0.25, 0.3) is 5.56 Å². The highest BCUT2D eigenvalue weighted by molar-refractivity contribution is 5.89. The smallest absolute Gasteiger partial charge is 0.353 e. The normalized spacial score (nSPS) is 11.0. The van der Waals surface area contributed by atoms with E-state index in [0.29, 0.717) is 17.0 Å². The summed E-state index contributed by atoms with van der Waals surface area (Å²) < 4.78 is 11.4. The topological polar surface area (TPSA) is 106 Å². The van der Waals surface area contributed by atoms with Crippen LogP contribution >= 0.6 is 0 Å². The number of H-pyrrole nitrogens is 1. The first kappa shape index (κ1) is 13.0. The van der Waals surface area contributed by atoms with Gasteiger partial charge in [0.15, 0.2) is 5.65 Å². The van der Waals surface area contributed by atoms with Gasteiger partial charge < -0.3 is 14.6 Å². The van der Waals surface area contributed by atoms with Crippen LogP contribution in [0, 0.1) is 0 Å². The molecule has 0 aliphatic rings. The van der Waals surface area contributed by atoms with Crippen molar-refractivity contribution in [1.82, 2.24) is 14.6 Å². The fraction of sp³-hybridized carbons (Fsp3) is 0.154. The van der Waals surface area contributed by atoms with Crippen LogP contribution in [0.25, 0.3) is 16.6 Å². The quantitative estimate of drug-likeness (QED) is 0.741. The number of nitrogens with one attached hydrogen (secondary N) is 1. The molecule has 1 aromatic carbocycles. The molecule has 0 bridgehead atoms. The lowest BCUT2D eigenvalue weighted by Gasteiger charge is -2.07. The SMILES string of the molecule is COc1cc(OC)c2nc3cc(C(=O)O)[nH]n3c(=O)c2c1. The third-order valence-corrected chi connectivity index (χ3v) is 3.13. The Morgan fingerprint density at radius 1 is 1.29 bits per heavy atom. The fourth-order valence-corrected chi connectivity index (χ4v) is 2.12. The molecule has 0 aliphatic heterocycles. The van der Waals surface area contributed by atoms with Gasteiger partial charge in [-0.1, -0.05) is 0 Å². The third-order valence-electron chi connectivity index (χ3n) is 3.13. The van der Waals surface area contributed by atoms with Gasteiger partial charge in [0.1, 0.15) is 22.7 Å². The van der Waals surface area contributed by atoms with Crippen molar-refractivity contribution in [2.45, 2.75) is 0 Å². The lowest BCUT2D eigenvalue weighted by atomic mass is 10.2. The first-order valence-corrected chi connectivity index (χ1v) is 5.96. The van der Waals surface area contributed by atoms with E-state index in [1.807, 2.05) is 0 Å². The number of nitrogens with zero attached hydrogens (tertiary/aromatic N) is 2. The minimum absolute atomic E-state index is 0.124. The zero-order chi connectivity index (χ0) is 15.1. The van der Waals surface area contributed by atoms with E-state index in [2.05, 4.69) is 10.1 Å². The van der Waals surface area contributed by atoms with Crippen molar-refractivity contribution < 1.29 is 19.4 Å². The number of hydrogen-bond donors (Lipinski definition) is 2. The van der Waals surface area contributed by atoms with Crippen LogP contribution in [-0.4, -0.2) is 39.9 Å². The molecule has 108 valence electrons. The summed E-state index contributed by atoms with van der Waals surface area (Å²) in [7, 11) is 2.93. The zero-order valence-electron chi connectivity index (χ0n) is 11.2. The van der Waals surface area contributed by atoms with Gasteiger partial charge in [-0.2, -0.15) is 0 Å². The van der Waals surface area contributed by atoms with Gasteiger partial charge in [-0.05, 0) is 6.07 Å². The van der Waals surface area contributed by atoms with Crippen molar-refractivity contribution in [2.24, 2.45) is 0 Å². The number of fused-ring (bicyclic) bond motifs is 2. The summed E-state index contributed by atoms with van der Waals surface area (Å²) in [6.07, 6.45) is 0.